The summed E-state index contributed by atoms with van der Waals surface area (Å²) in [4.78, 5) is 29.2. The Labute approximate surface area is 319 Å². The number of hydrogen-bond donors (Lipinski definition) is 1. The van der Waals surface area contributed by atoms with Crippen molar-refractivity contribution in [2.75, 3.05) is 18.6 Å². The zero-order valence-corrected chi connectivity index (χ0v) is 32.0. The van der Waals surface area contributed by atoms with E-state index in [9.17, 15) is 49.5 Å². The zero-order valence-electron chi connectivity index (χ0n) is 29.6. The summed E-state index contributed by atoms with van der Waals surface area (Å²) in [6.45, 7) is 2.85. The smallest absolute Gasteiger partial charge is 0.416 e. The Morgan fingerprint density at radius 1 is 0.945 bits per heavy atom. The molecule has 0 bridgehead atoms. The molecule has 0 aliphatic heterocycles. The summed E-state index contributed by atoms with van der Waals surface area (Å²) in [7, 11) is -4.55. The Morgan fingerprint density at radius 3 is 2.18 bits per heavy atom. The van der Waals surface area contributed by atoms with Crippen molar-refractivity contribution < 1.29 is 58.6 Å². The maximum absolute atomic E-state index is 15.3. The van der Waals surface area contributed by atoms with Crippen LogP contribution in [-0.2, 0) is 39.5 Å². The van der Waals surface area contributed by atoms with Gasteiger partial charge in [-0.1, -0.05) is 39.0 Å². The molecule has 9 nitrogen and oxygen atoms in total. The van der Waals surface area contributed by atoms with Crippen molar-refractivity contribution >= 4 is 43.5 Å². The predicted octanol–water partition coefficient (Wildman–Crippen LogP) is 8.73. The van der Waals surface area contributed by atoms with Gasteiger partial charge in [-0.3, -0.25) is 9.78 Å². The van der Waals surface area contributed by atoms with E-state index < -0.39 is 84.9 Å². The topological polar surface area (TPSA) is 117 Å². The SMILES string of the molecule is COc1cc(C(=O)O)ccc1N(Cc1cc(C2CC2)cc(C(C)(C)C)c1)C(=O)CN(Cc1cnccc1C(F)(F)F)S(=O)(=O)c1c(F)c(F)c(F)c(F)c1Br. The standard InChI is InChI=1S/C37H33BrF7N3O6S/c1-36(2,3)24-12-19(11-22(13-24)20-5-6-20)16-48(26-8-7-21(35(50)51)14-27(26)54-4)28(49)18-47(17-23-15-46-10-9-25(23)37(43,44)45)55(52,53)34-29(38)30(39)31(40)32(41)33(34)42/h7-15,20H,5-6,16-18H2,1-4H3,(H,50,51). The third-order valence-electron chi connectivity index (χ3n) is 8.92. The molecule has 0 saturated heterocycles. The normalized spacial score (nSPS) is 13.6. The molecule has 1 fully saturated rings. The zero-order chi connectivity index (χ0) is 40.8. The van der Waals surface area contributed by atoms with Gasteiger partial charge in [0.05, 0.1) is 41.5 Å². The van der Waals surface area contributed by atoms with Gasteiger partial charge in [0.25, 0.3) is 0 Å². The molecule has 18 heteroatoms. The molecule has 0 radical (unpaired) electrons. The molecule has 0 spiro atoms. The van der Waals surface area contributed by atoms with Crippen LogP contribution in [-0.4, -0.2) is 48.3 Å². The average Bonchev–Trinajstić information content (AvgIpc) is 3.97. The number of carboxylic acid groups (broad SMARTS) is 1. The number of alkyl halides is 3. The maximum atomic E-state index is 15.3. The van der Waals surface area contributed by atoms with Crippen LogP contribution in [0, 0.1) is 23.3 Å². The highest BCUT2D eigenvalue weighted by Crippen LogP contribution is 2.43. The Balaban J connectivity index is 1.70. The number of sulfonamides is 1. The van der Waals surface area contributed by atoms with E-state index in [1.54, 1.807) is 6.07 Å². The molecule has 1 aromatic heterocycles. The number of amides is 1. The summed E-state index contributed by atoms with van der Waals surface area (Å²) < 4.78 is 133. The molecule has 0 atom stereocenters. The first kappa shape index (κ1) is 41.6. The third-order valence-corrected chi connectivity index (χ3v) is 11.8. The van der Waals surface area contributed by atoms with Gasteiger partial charge in [0, 0.05) is 18.9 Å². The summed E-state index contributed by atoms with van der Waals surface area (Å²) >= 11 is 2.43. The van der Waals surface area contributed by atoms with Crippen LogP contribution in [0.3, 0.4) is 0 Å². The molecule has 1 saturated carbocycles. The van der Waals surface area contributed by atoms with Crippen LogP contribution in [0.4, 0.5) is 36.4 Å². The van der Waals surface area contributed by atoms with Crippen molar-refractivity contribution in [1.82, 2.24) is 9.29 Å². The number of carbonyl (C=O) groups excluding carboxylic acids is 1. The Kier molecular flexibility index (Phi) is 11.8. The number of carbonyl (C=O) groups is 2. The van der Waals surface area contributed by atoms with Crippen LogP contribution in [0.5, 0.6) is 5.75 Å². The summed E-state index contributed by atoms with van der Waals surface area (Å²) in [5, 5.41) is 9.61. The van der Waals surface area contributed by atoms with Crippen molar-refractivity contribution in [2.45, 2.75) is 69.1 Å². The van der Waals surface area contributed by atoms with Crippen molar-refractivity contribution in [3.05, 3.63) is 116 Å². The van der Waals surface area contributed by atoms with E-state index in [4.69, 9.17) is 4.74 Å². The molecule has 3 aromatic carbocycles. The number of hydrogen-bond acceptors (Lipinski definition) is 6. The number of ether oxygens (including phenoxy) is 1. The second-order valence-electron chi connectivity index (χ2n) is 13.9. The van der Waals surface area contributed by atoms with Crippen molar-refractivity contribution in [3.8, 4) is 5.75 Å². The van der Waals surface area contributed by atoms with Gasteiger partial charge in [-0.15, -0.1) is 0 Å². The molecule has 1 amide bonds. The third kappa shape index (κ3) is 8.80. The van der Waals surface area contributed by atoms with Gasteiger partial charge in [-0.05, 0) is 86.6 Å². The number of rotatable bonds is 12. The molecule has 5 rings (SSSR count). The minimum Gasteiger partial charge on any atom is -0.495 e. The van der Waals surface area contributed by atoms with E-state index in [0.29, 0.717) is 17.8 Å². The number of carboxylic acids is 1. The molecule has 1 N–H and O–H groups in total. The summed E-state index contributed by atoms with van der Waals surface area (Å²) in [5.74, 6) is -11.9. The lowest BCUT2D eigenvalue weighted by molar-refractivity contribution is -0.138. The highest BCUT2D eigenvalue weighted by molar-refractivity contribution is 9.10. The molecule has 1 aliphatic carbocycles. The van der Waals surface area contributed by atoms with E-state index in [1.807, 2.05) is 32.9 Å². The molecular formula is C37H33BrF7N3O6S. The van der Waals surface area contributed by atoms with Crippen LogP contribution in [0.25, 0.3) is 0 Å². The fraction of sp³-hybridized carbons (Fsp3) is 0.324. The number of halogens is 8. The van der Waals surface area contributed by atoms with Crippen LogP contribution < -0.4 is 9.64 Å². The van der Waals surface area contributed by atoms with E-state index in [1.165, 1.54) is 13.2 Å². The van der Waals surface area contributed by atoms with Gasteiger partial charge in [0.2, 0.25) is 15.9 Å². The van der Waals surface area contributed by atoms with Crippen LogP contribution in [0.15, 0.2) is 64.2 Å². The number of methoxy groups -OCH3 is 1. The number of anilines is 1. The lowest BCUT2D eigenvalue weighted by atomic mass is 9.84. The molecule has 0 unspecified atom stereocenters. The number of benzene rings is 3. The Bertz CT molecular complexity index is 2250. The van der Waals surface area contributed by atoms with Gasteiger partial charge in [0.1, 0.15) is 10.6 Å². The predicted molar refractivity (Wildman–Crippen MR) is 189 cm³/mol. The van der Waals surface area contributed by atoms with Crippen LogP contribution in [0.2, 0.25) is 0 Å². The van der Waals surface area contributed by atoms with Gasteiger partial charge in [0.15, 0.2) is 23.3 Å². The summed E-state index contributed by atoms with van der Waals surface area (Å²) in [5.41, 5.74) is -0.555. The molecule has 55 heavy (non-hydrogen) atoms. The highest BCUT2D eigenvalue weighted by atomic mass is 79.9. The van der Waals surface area contributed by atoms with Gasteiger partial charge >= 0.3 is 12.1 Å². The number of aromatic carboxylic acids is 1. The van der Waals surface area contributed by atoms with Crippen molar-refractivity contribution in [3.63, 3.8) is 0 Å². The van der Waals surface area contributed by atoms with E-state index >= 15 is 4.39 Å². The Hall–Kier alpha value is -4.55. The summed E-state index contributed by atoms with van der Waals surface area (Å²) in [6.07, 6.45) is -1.83. The van der Waals surface area contributed by atoms with Gasteiger partial charge in [-0.2, -0.15) is 17.5 Å². The van der Waals surface area contributed by atoms with Crippen LogP contribution in [0.1, 0.15) is 77.7 Å². The molecule has 294 valence electrons. The van der Waals surface area contributed by atoms with Crippen molar-refractivity contribution in [2.24, 2.45) is 0 Å². The second kappa shape index (κ2) is 15.5. The van der Waals surface area contributed by atoms with Crippen LogP contribution >= 0.6 is 15.9 Å². The number of aromatic nitrogens is 1. The second-order valence-corrected chi connectivity index (χ2v) is 16.5. The van der Waals surface area contributed by atoms with E-state index in [-0.39, 0.29) is 39.2 Å². The fourth-order valence-electron chi connectivity index (χ4n) is 5.84. The largest absolute Gasteiger partial charge is 0.495 e. The van der Waals surface area contributed by atoms with Gasteiger partial charge < -0.3 is 14.7 Å². The minimum atomic E-state index is -5.72. The lowest BCUT2D eigenvalue weighted by Gasteiger charge is -2.30. The minimum absolute atomic E-state index is 0.0494. The number of pyridine rings is 1. The van der Waals surface area contributed by atoms with E-state index in [0.717, 1.165) is 47.2 Å². The molecule has 1 aliphatic rings. The molecular weight excluding hydrogens is 827 g/mol. The quantitative estimate of drug-likeness (QED) is 0.0861. The van der Waals surface area contributed by atoms with Crippen molar-refractivity contribution in [1.29, 1.82) is 0 Å². The first-order chi connectivity index (χ1) is 25.6. The molecule has 1 heterocycles. The Morgan fingerprint density at radius 2 is 1.60 bits per heavy atom. The first-order valence-electron chi connectivity index (χ1n) is 16.4. The van der Waals surface area contributed by atoms with Gasteiger partial charge in [-0.25, -0.2) is 30.8 Å². The first-order valence-corrected chi connectivity index (χ1v) is 18.7. The monoisotopic (exact) mass is 859 g/mol. The van der Waals surface area contributed by atoms with E-state index in [2.05, 4.69) is 20.9 Å². The summed E-state index contributed by atoms with van der Waals surface area (Å²) in [6, 6.07) is 9.63. The lowest BCUT2D eigenvalue weighted by Crippen LogP contribution is -2.43. The average molecular weight is 861 g/mol. The molecule has 4 aromatic rings. The highest BCUT2D eigenvalue weighted by Gasteiger charge is 2.40. The maximum Gasteiger partial charge on any atom is 0.416 e. The fourth-order valence-corrected chi connectivity index (χ4v) is 8.28. The number of nitrogens with zero attached hydrogens (tertiary/aromatic N) is 3.